The minimum absolute atomic E-state index is 0.128. The fourth-order valence-electron chi connectivity index (χ4n) is 4.16. The number of aliphatic hydroxyl groups is 1. The topological polar surface area (TPSA) is 168 Å². The van der Waals surface area contributed by atoms with E-state index in [1.165, 1.54) is 12.4 Å². The van der Waals surface area contributed by atoms with Crippen molar-refractivity contribution in [2.45, 2.75) is 12.0 Å². The van der Waals surface area contributed by atoms with Gasteiger partial charge in [0.25, 0.3) is 5.91 Å². The van der Waals surface area contributed by atoms with Gasteiger partial charge >= 0.3 is 0 Å². The van der Waals surface area contributed by atoms with E-state index < -0.39 is 5.54 Å². The third-order valence-corrected chi connectivity index (χ3v) is 6.07. The predicted octanol–water partition coefficient (Wildman–Crippen LogP) is -0.168. The Labute approximate surface area is 201 Å². The first-order chi connectivity index (χ1) is 17.0. The van der Waals surface area contributed by atoms with Gasteiger partial charge in [0.15, 0.2) is 0 Å². The largest absolute Gasteiger partial charge is 0.394 e. The molecule has 5 heterocycles. The Morgan fingerprint density at radius 3 is 2.57 bits per heavy atom. The molecule has 0 unspecified atom stereocenters. The number of nitrogen functional groups attached to an aromatic ring is 1. The lowest BCUT2D eigenvalue weighted by Gasteiger charge is -2.31. The van der Waals surface area contributed by atoms with Gasteiger partial charge < -0.3 is 30.7 Å². The molecule has 5 rings (SSSR count). The average molecular weight is 479 g/mol. The summed E-state index contributed by atoms with van der Waals surface area (Å²) < 4.78 is 5.46. The van der Waals surface area contributed by atoms with Crippen LogP contribution in [0.1, 0.15) is 17.0 Å². The second kappa shape index (κ2) is 9.72. The minimum atomic E-state index is -0.782. The van der Waals surface area contributed by atoms with Crippen LogP contribution in [0.25, 0.3) is 11.3 Å². The first-order valence-corrected chi connectivity index (χ1v) is 11.3. The van der Waals surface area contributed by atoms with Crippen molar-refractivity contribution in [3.8, 4) is 11.3 Å². The molecule has 0 aliphatic carbocycles. The molecule has 3 aromatic rings. The number of amides is 1. The van der Waals surface area contributed by atoms with Crippen molar-refractivity contribution < 1.29 is 14.6 Å². The van der Waals surface area contributed by atoms with Gasteiger partial charge in [0, 0.05) is 62.6 Å². The van der Waals surface area contributed by atoms with E-state index in [1.54, 1.807) is 29.4 Å². The molecular formula is C22H26N10O3. The standard InChI is InChI=1S/C22H26N10O3/c23-20-26-11-15(12-27-20)16-10-17(29-21(28-16)31-6-8-35-9-7-31)30-22(14-33)2-5-32(13-22)19(34)18-24-3-1-4-25-18/h1,3-4,10-12,33H,2,5-9,13-14H2,(H2,23,26,27)(H,28,29,30)/t22-/m0/s1. The number of anilines is 3. The van der Waals surface area contributed by atoms with Gasteiger partial charge in [-0.05, 0) is 12.5 Å². The lowest BCUT2D eigenvalue weighted by Crippen LogP contribution is -2.46. The van der Waals surface area contributed by atoms with E-state index in [0.717, 1.165) is 0 Å². The van der Waals surface area contributed by atoms with Crippen molar-refractivity contribution in [3.63, 3.8) is 0 Å². The molecule has 3 aromatic heterocycles. The maximum absolute atomic E-state index is 12.9. The number of nitrogens with one attached hydrogen (secondary N) is 1. The highest BCUT2D eigenvalue weighted by atomic mass is 16.5. The van der Waals surface area contributed by atoms with Gasteiger partial charge in [0.1, 0.15) is 5.82 Å². The molecule has 0 spiro atoms. The molecule has 2 aliphatic heterocycles. The molecule has 4 N–H and O–H groups in total. The molecule has 182 valence electrons. The second-order valence-electron chi connectivity index (χ2n) is 8.48. The van der Waals surface area contributed by atoms with Crippen LogP contribution in [0.2, 0.25) is 0 Å². The number of nitrogens with zero attached hydrogens (tertiary/aromatic N) is 8. The first kappa shape index (κ1) is 22.8. The summed E-state index contributed by atoms with van der Waals surface area (Å²) in [7, 11) is 0. The van der Waals surface area contributed by atoms with Crippen LogP contribution < -0.4 is 16.0 Å². The minimum Gasteiger partial charge on any atom is -0.394 e. The molecule has 0 saturated carbocycles. The highest BCUT2D eigenvalue weighted by Crippen LogP contribution is 2.29. The fraction of sp³-hybridized carbons (Fsp3) is 0.409. The van der Waals surface area contributed by atoms with Crippen molar-refractivity contribution in [1.82, 2.24) is 34.8 Å². The Morgan fingerprint density at radius 1 is 1.11 bits per heavy atom. The van der Waals surface area contributed by atoms with E-state index >= 15 is 0 Å². The lowest BCUT2D eigenvalue weighted by molar-refractivity contribution is 0.0766. The van der Waals surface area contributed by atoms with E-state index in [1.807, 2.05) is 4.90 Å². The van der Waals surface area contributed by atoms with E-state index in [4.69, 9.17) is 20.4 Å². The Hall–Kier alpha value is -3.97. The third-order valence-electron chi connectivity index (χ3n) is 6.07. The fourth-order valence-corrected chi connectivity index (χ4v) is 4.16. The summed E-state index contributed by atoms with van der Waals surface area (Å²) in [4.78, 5) is 42.2. The van der Waals surface area contributed by atoms with Gasteiger partial charge in [0.2, 0.25) is 17.7 Å². The van der Waals surface area contributed by atoms with Crippen molar-refractivity contribution in [2.75, 3.05) is 62.0 Å². The first-order valence-electron chi connectivity index (χ1n) is 11.3. The highest BCUT2D eigenvalue weighted by molar-refractivity contribution is 5.90. The summed E-state index contributed by atoms with van der Waals surface area (Å²) in [6, 6.07) is 3.44. The van der Waals surface area contributed by atoms with E-state index in [-0.39, 0.29) is 30.8 Å². The third kappa shape index (κ3) is 4.95. The summed E-state index contributed by atoms with van der Waals surface area (Å²) >= 11 is 0. The molecule has 13 heteroatoms. The van der Waals surface area contributed by atoms with Crippen LogP contribution in [-0.4, -0.2) is 97.4 Å². The zero-order valence-corrected chi connectivity index (χ0v) is 19.0. The van der Waals surface area contributed by atoms with Crippen molar-refractivity contribution in [1.29, 1.82) is 0 Å². The van der Waals surface area contributed by atoms with E-state index in [2.05, 4.69) is 25.3 Å². The Bertz CT molecular complexity index is 1170. The van der Waals surface area contributed by atoms with Crippen LogP contribution in [0.15, 0.2) is 36.9 Å². The predicted molar refractivity (Wildman–Crippen MR) is 126 cm³/mol. The molecule has 13 nitrogen and oxygen atoms in total. The van der Waals surface area contributed by atoms with Crippen LogP contribution in [0.5, 0.6) is 0 Å². The Morgan fingerprint density at radius 2 is 1.86 bits per heavy atom. The van der Waals surface area contributed by atoms with Crippen LogP contribution in [0, 0.1) is 0 Å². The normalized spacial score (nSPS) is 20.1. The summed E-state index contributed by atoms with van der Waals surface area (Å²) in [5.41, 5.74) is 6.16. The van der Waals surface area contributed by atoms with Gasteiger partial charge in [0.05, 0.1) is 31.1 Å². The van der Waals surface area contributed by atoms with Crippen molar-refractivity contribution >= 4 is 23.6 Å². The zero-order valence-electron chi connectivity index (χ0n) is 19.0. The average Bonchev–Trinajstić information content (AvgIpc) is 3.34. The molecule has 1 atom stereocenters. The molecule has 35 heavy (non-hydrogen) atoms. The number of hydrogen-bond acceptors (Lipinski definition) is 12. The van der Waals surface area contributed by atoms with Crippen LogP contribution in [-0.2, 0) is 4.74 Å². The Kier molecular flexibility index (Phi) is 6.33. The van der Waals surface area contributed by atoms with Crippen LogP contribution in [0.3, 0.4) is 0 Å². The SMILES string of the molecule is Nc1ncc(-c2cc(N[C@@]3(CO)CCN(C(=O)c4ncccn4)C3)nc(N3CCOCC3)n2)cn1. The summed E-state index contributed by atoms with van der Waals surface area (Å²) in [5, 5.41) is 13.7. The molecule has 2 fully saturated rings. The van der Waals surface area contributed by atoms with Gasteiger partial charge in [-0.3, -0.25) is 4.79 Å². The van der Waals surface area contributed by atoms with E-state index in [0.29, 0.717) is 62.3 Å². The molecule has 2 saturated heterocycles. The van der Waals surface area contributed by atoms with E-state index in [9.17, 15) is 9.90 Å². The molecule has 2 aliphatic rings. The second-order valence-corrected chi connectivity index (χ2v) is 8.48. The molecule has 0 radical (unpaired) electrons. The number of hydrogen-bond donors (Lipinski definition) is 3. The number of rotatable bonds is 6. The zero-order chi connectivity index (χ0) is 24.3. The molecular weight excluding hydrogens is 452 g/mol. The summed E-state index contributed by atoms with van der Waals surface area (Å²) in [6.45, 7) is 3.02. The maximum atomic E-state index is 12.9. The number of morpholine rings is 1. The number of likely N-dealkylation sites (tertiary alicyclic amines) is 1. The number of aromatic nitrogens is 6. The van der Waals surface area contributed by atoms with Gasteiger partial charge in [-0.15, -0.1) is 0 Å². The number of carbonyl (C=O) groups excluding carboxylic acids is 1. The van der Waals surface area contributed by atoms with Crippen molar-refractivity contribution in [2.24, 2.45) is 0 Å². The molecule has 1 amide bonds. The van der Waals surface area contributed by atoms with Gasteiger partial charge in [-0.25, -0.2) is 24.9 Å². The molecule has 0 bridgehead atoms. The lowest BCUT2D eigenvalue weighted by atomic mass is 10.00. The number of nitrogens with two attached hydrogens (primary N) is 1. The number of aliphatic hydroxyl groups excluding tert-OH is 1. The summed E-state index contributed by atoms with van der Waals surface area (Å²) in [6.07, 6.45) is 6.80. The number of ether oxygens (including phenoxy) is 1. The van der Waals surface area contributed by atoms with Crippen LogP contribution >= 0.6 is 0 Å². The van der Waals surface area contributed by atoms with Crippen molar-refractivity contribution in [3.05, 3.63) is 42.7 Å². The smallest absolute Gasteiger partial charge is 0.291 e. The Balaban J connectivity index is 1.43. The van der Waals surface area contributed by atoms with Gasteiger partial charge in [-0.1, -0.05) is 0 Å². The quantitative estimate of drug-likeness (QED) is 0.428. The highest BCUT2D eigenvalue weighted by Gasteiger charge is 2.41. The van der Waals surface area contributed by atoms with Gasteiger partial charge in [-0.2, -0.15) is 4.98 Å². The maximum Gasteiger partial charge on any atom is 0.291 e. The van der Waals surface area contributed by atoms with Crippen LogP contribution in [0.4, 0.5) is 17.7 Å². The summed E-state index contributed by atoms with van der Waals surface area (Å²) in [5.74, 6) is 1.07. The number of carbonyl (C=O) groups is 1. The molecule has 0 aromatic carbocycles. The monoisotopic (exact) mass is 478 g/mol.